The molecule has 0 aliphatic heterocycles. The topological polar surface area (TPSA) is 17.1 Å². The molecule has 0 bridgehead atoms. The Labute approximate surface area is 75.9 Å². The van der Waals surface area contributed by atoms with Crippen LogP contribution in [0.1, 0.15) is 46.0 Å². The largest absolute Gasteiger partial charge is 0.295 e. The summed E-state index contributed by atoms with van der Waals surface area (Å²) in [6.45, 7) is 7.65. The second kappa shape index (κ2) is 7.08. The monoisotopic (exact) mass is 168 g/mol. The molecule has 0 aliphatic carbocycles. The minimum absolute atomic E-state index is 0.180. The van der Waals surface area contributed by atoms with Crippen LogP contribution in [0, 0.1) is 5.92 Å². The van der Waals surface area contributed by atoms with E-state index in [4.69, 9.17) is 0 Å². The van der Waals surface area contributed by atoms with Crippen LogP contribution in [0.4, 0.5) is 0 Å². The zero-order valence-electron chi connectivity index (χ0n) is 8.31. The molecule has 0 radical (unpaired) electrons. The van der Waals surface area contributed by atoms with E-state index in [0.717, 1.165) is 6.42 Å². The van der Waals surface area contributed by atoms with Gasteiger partial charge < -0.3 is 0 Å². The average molecular weight is 168 g/mol. The van der Waals surface area contributed by atoms with Crippen molar-refractivity contribution in [2.24, 2.45) is 5.92 Å². The Kier molecular flexibility index (Phi) is 6.73. The fourth-order valence-corrected chi connectivity index (χ4v) is 1.22. The Balaban J connectivity index is 3.37. The highest BCUT2D eigenvalue weighted by atomic mass is 16.1. The van der Waals surface area contributed by atoms with Gasteiger partial charge in [-0.25, -0.2) is 0 Å². The van der Waals surface area contributed by atoms with Crippen LogP contribution in [-0.4, -0.2) is 5.78 Å². The molecule has 0 saturated carbocycles. The zero-order chi connectivity index (χ0) is 9.40. The summed E-state index contributed by atoms with van der Waals surface area (Å²) < 4.78 is 0. The van der Waals surface area contributed by atoms with Gasteiger partial charge in [-0.15, -0.1) is 0 Å². The van der Waals surface area contributed by atoms with Crippen LogP contribution < -0.4 is 0 Å². The maximum atomic E-state index is 11.1. The first-order chi connectivity index (χ1) is 5.72. The van der Waals surface area contributed by atoms with Gasteiger partial charge in [-0.1, -0.05) is 46.1 Å². The second-order valence-electron chi connectivity index (χ2n) is 3.36. The number of hydrogen-bond acceptors (Lipinski definition) is 1. The first-order valence-corrected chi connectivity index (χ1v) is 4.88. The predicted molar refractivity (Wildman–Crippen MR) is 53.1 cm³/mol. The van der Waals surface area contributed by atoms with Crippen LogP contribution in [0.3, 0.4) is 0 Å². The van der Waals surface area contributed by atoms with E-state index in [-0.39, 0.29) is 11.7 Å². The summed E-state index contributed by atoms with van der Waals surface area (Å²) in [7, 11) is 0. The Morgan fingerprint density at radius 1 is 1.42 bits per heavy atom. The van der Waals surface area contributed by atoms with Crippen LogP contribution >= 0.6 is 0 Å². The van der Waals surface area contributed by atoms with Gasteiger partial charge in [0.2, 0.25) is 0 Å². The van der Waals surface area contributed by atoms with E-state index >= 15 is 0 Å². The van der Waals surface area contributed by atoms with Crippen molar-refractivity contribution < 1.29 is 4.79 Å². The van der Waals surface area contributed by atoms with E-state index in [1.54, 1.807) is 0 Å². The molecule has 0 rings (SSSR count). The van der Waals surface area contributed by atoms with Crippen molar-refractivity contribution in [1.82, 2.24) is 0 Å². The normalized spacial score (nSPS) is 12.5. The lowest BCUT2D eigenvalue weighted by Gasteiger charge is -2.06. The van der Waals surface area contributed by atoms with E-state index < -0.39 is 0 Å². The van der Waals surface area contributed by atoms with Gasteiger partial charge >= 0.3 is 0 Å². The Morgan fingerprint density at radius 2 is 2.08 bits per heavy atom. The van der Waals surface area contributed by atoms with Gasteiger partial charge in [0.25, 0.3) is 0 Å². The van der Waals surface area contributed by atoms with Crippen molar-refractivity contribution in [3.05, 3.63) is 12.7 Å². The number of rotatable bonds is 7. The highest BCUT2D eigenvalue weighted by Crippen LogP contribution is 2.11. The number of carbonyl (C=O) groups is 1. The van der Waals surface area contributed by atoms with Gasteiger partial charge in [0.05, 0.1) is 0 Å². The van der Waals surface area contributed by atoms with Crippen molar-refractivity contribution in [2.45, 2.75) is 46.0 Å². The minimum atomic E-state index is 0.180. The van der Waals surface area contributed by atoms with Crippen molar-refractivity contribution in [1.29, 1.82) is 0 Å². The van der Waals surface area contributed by atoms with Gasteiger partial charge in [-0.05, 0) is 12.5 Å². The molecule has 0 fully saturated rings. The predicted octanol–water partition coefficient (Wildman–Crippen LogP) is 3.35. The molecular weight excluding hydrogens is 148 g/mol. The average Bonchev–Trinajstić information content (AvgIpc) is 2.10. The smallest absolute Gasteiger partial charge is 0.157 e. The molecule has 0 spiro atoms. The molecule has 1 unspecified atom stereocenters. The lowest BCUT2D eigenvalue weighted by atomic mass is 9.98. The lowest BCUT2D eigenvalue weighted by Crippen LogP contribution is -2.06. The third kappa shape index (κ3) is 5.11. The first kappa shape index (κ1) is 11.4. The van der Waals surface area contributed by atoms with Crippen LogP contribution in [0.2, 0.25) is 0 Å². The SMILES string of the molecule is C=CC(=O)C(C)CCCCCC. The van der Waals surface area contributed by atoms with Gasteiger partial charge in [-0.3, -0.25) is 4.79 Å². The number of allylic oxidation sites excluding steroid dienone is 1. The Morgan fingerprint density at radius 3 is 2.58 bits per heavy atom. The van der Waals surface area contributed by atoms with Crippen molar-refractivity contribution in [3.8, 4) is 0 Å². The quantitative estimate of drug-likeness (QED) is 0.421. The maximum Gasteiger partial charge on any atom is 0.157 e. The molecule has 0 aromatic carbocycles. The van der Waals surface area contributed by atoms with Crippen molar-refractivity contribution in [3.63, 3.8) is 0 Å². The molecule has 1 heteroatoms. The number of hydrogen-bond donors (Lipinski definition) is 0. The van der Waals surface area contributed by atoms with E-state index in [1.807, 2.05) is 6.92 Å². The number of ketones is 1. The molecule has 0 heterocycles. The highest BCUT2D eigenvalue weighted by Gasteiger charge is 2.07. The second-order valence-corrected chi connectivity index (χ2v) is 3.36. The van der Waals surface area contributed by atoms with E-state index in [1.165, 1.54) is 31.8 Å². The van der Waals surface area contributed by atoms with Crippen LogP contribution in [-0.2, 0) is 4.79 Å². The van der Waals surface area contributed by atoms with Crippen LogP contribution in [0.15, 0.2) is 12.7 Å². The number of carbonyl (C=O) groups excluding carboxylic acids is 1. The fraction of sp³-hybridized carbons (Fsp3) is 0.727. The van der Waals surface area contributed by atoms with Crippen LogP contribution in [0.25, 0.3) is 0 Å². The summed E-state index contributed by atoms with van der Waals surface area (Å²) in [5.41, 5.74) is 0. The number of unbranched alkanes of at least 4 members (excludes halogenated alkanes) is 3. The third-order valence-corrected chi connectivity index (χ3v) is 2.18. The molecule has 1 atom stereocenters. The standard InChI is InChI=1S/C11H20O/c1-4-6-7-8-9-10(3)11(12)5-2/h5,10H,2,4,6-9H2,1,3H3. The molecule has 0 aromatic rings. The van der Waals surface area contributed by atoms with Gasteiger partial charge in [0, 0.05) is 5.92 Å². The van der Waals surface area contributed by atoms with E-state index in [0.29, 0.717) is 0 Å². The molecule has 12 heavy (non-hydrogen) atoms. The zero-order valence-corrected chi connectivity index (χ0v) is 8.31. The summed E-state index contributed by atoms with van der Waals surface area (Å²) >= 11 is 0. The molecule has 0 aromatic heterocycles. The molecule has 1 nitrogen and oxygen atoms in total. The molecule has 0 saturated heterocycles. The summed E-state index contributed by atoms with van der Waals surface area (Å²) in [5.74, 6) is 0.367. The third-order valence-electron chi connectivity index (χ3n) is 2.18. The van der Waals surface area contributed by atoms with Crippen molar-refractivity contribution in [2.75, 3.05) is 0 Å². The summed E-state index contributed by atoms with van der Waals surface area (Å²) in [4.78, 5) is 11.1. The van der Waals surface area contributed by atoms with Gasteiger partial charge in [0.15, 0.2) is 5.78 Å². The molecule has 70 valence electrons. The lowest BCUT2D eigenvalue weighted by molar-refractivity contribution is -0.117. The maximum absolute atomic E-state index is 11.1. The molecular formula is C11H20O. The molecule has 0 aliphatic rings. The molecule has 0 N–H and O–H groups in total. The minimum Gasteiger partial charge on any atom is -0.295 e. The summed E-state index contributed by atoms with van der Waals surface area (Å²) in [6.07, 6.45) is 7.42. The van der Waals surface area contributed by atoms with E-state index in [9.17, 15) is 4.79 Å². The highest BCUT2D eigenvalue weighted by molar-refractivity contribution is 5.90. The van der Waals surface area contributed by atoms with Crippen molar-refractivity contribution >= 4 is 5.78 Å². The summed E-state index contributed by atoms with van der Waals surface area (Å²) in [5, 5.41) is 0. The Hall–Kier alpha value is -0.590. The Bertz CT molecular complexity index is 138. The summed E-state index contributed by atoms with van der Waals surface area (Å²) in [6, 6.07) is 0. The van der Waals surface area contributed by atoms with E-state index in [2.05, 4.69) is 13.5 Å². The molecule has 0 amide bonds. The fourth-order valence-electron chi connectivity index (χ4n) is 1.22. The van der Waals surface area contributed by atoms with Gasteiger partial charge in [-0.2, -0.15) is 0 Å². The first-order valence-electron chi connectivity index (χ1n) is 4.88. The van der Waals surface area contributed by atoms with Crippen LogP contribution in [0.5, 0.6) is 0 Å². The van der Waals surface area contributed by atoms with Gasteiger partial charge in [0.1, 0.15) is 0 Å².